The second kappa shape index (κ2) is 6.65. The molecule has 0 atom stereocenters. The van der Waals surface area contributed by atoms with Crippen molar-refractivity contribution in [2.45, 2.75) is 6.92 Å². The first-order chi connectivity index (χ1) is 10.1. The lowest BCUT2D eigenvalue weighted by Gasteiger charge is -2.09. The monoisotopic (exact) mass is 287 g/mol. The summed E-state index contributed by atoms with van der Waals surface area (Å²) in [6.45, 7) is 2.61. The first kappa shape index (κ1) is 14.7. The molecule has 2 aromatic carbocycles. The number of nitrogens with one attached hydrogen (secondary N) is 1. The number of carbonyl (C=O) groups is 1. The zero-order valence-electron chi connectivity index (χ0n) is 11.7. The van der Waals surface area contributed by atoms with Crippen LogP contribution in [-0.4, -0.2) is 29.3 Å². The van der Waals surface area contributed by atoms with Crippen molar-refractivity contribution < 1.29 is 19.7 Å². The third kappa shape index (κ3) is 4.14. The van der Waals surface area contributed by atoms with Gasteiger partial charge in [-0.15, -0.1) is 0 Å². The molecule has 3 N–H and O–H groups in total. The lowest BCUT2D eigenvalue weighted by Crippen LogP contribution is -2.28. The summed E-state index contributed by atoms with van der Waals surface area (Å²) in [5.41, 5.74) is 1.22. The molecular formula is C16H17NO4. The van der Waals surface area contributed by atoms with E-state index in [-0.39, 0.29) is 17.1 Å². The van der Waals surface area contributed by atoms with E-state index >= 15 is 0 Å². The Hall–Kier alpha value is -2.69. The van der Waals surface area contributed by atoms with E-state index in [1.807, 2.05) is 31.2 Å². The van der Waals surface area contributed by atoms with E-state index in [2.05, 4.69) is 5.32 Å². The molecule has 0 aliphatic carbocycles. The highest BCUT2D eigenvalue weighted by Gasteiger charge is 2.10. The molecule has 0 spiro atoms. The van der Waals surface area contributed by atoms with Gasteiger partial charge in [0, 0.05) is 6.07 Å². The number of phenolic OH excluding ortho intramolecular Hbond substituents is 2. The van der Waals surface area contributed by atoms with Crippen molar-refractivity contribution in [1.29, 1.82) is 0 Å². The summed E-state index contributed by atoms with van der Waals surface area (Å²) >= 11 is 0. The lowest BCUT2D eigenvalue weighted by molar-refractivity contribution is 0.0944. The van der Waals surface area contributed by atoms with Crippen LogP contribution in [0.3, 0.4) is 0 Å². The largest absolute Gasteiger partial charge is 0.508 e. The molecule has 21 heavy (non-hydrogen) atoms. The van der Waals surface area contributed by atoms with E-state index in [4.69, 9.17) is 4.74 Å². The molecule has 0 aliphatic heterocycles. The Labute approximate surface area is 122 Å². The number of aromatic hydroxyl groups is 2. The number of amides is 1. The van der Waals surface area contributed by atoms with E-state index in [1.165, 1.54) is 12.1 Å². The number of carbonyl (C=O) groups excluding carboxylic acids is 1. The van der Waals surface area contributed by atoms with Crippen LogP contribution in [0.5, 0.6) is 17.2 Å². The number of benzene rings is 2. The molecule has 110 valence electrons. The van der Waals surface area contributed by atoms with E-state index < -0.39 is 5.91 Å². The highest BCUT2D eigenvalue weighted by atomic mass is 16.5. The summed E-state index contributed by atoms with van der Waals surface area (Å²) in [6, 6.07) is 11.5. The van der Waals surface area contributed by atoms with Gasteiger partial charge in [0.15, 0.2) is 0 Å². The Morgan fingerprint density at radius 2 is 2.00 bits per heavy atom. The number of phenols is 2. The van der Waals surface area contributed by atoms with Gasteiger partial charge in [-0.25, -0.2) is 0 Å². The molecule has 0 radical (unpaired) electrons. The van der Waals surface area contributed by atoms with Gasteiger partial charge >= 0.3 is 0 Å². The van der Waals surface area contributed by atoms with Gasteiger partial charge in [0.25, 0.3) is 5.91 Å². The normalized spacial score (nSPS) is 10.1. The summed E-state index contributed by atoms with van der Waals surface area (Å²) in [7, 11) is 0. The van der Waals surface area contributed by atoms with Crippen LogP contribution < -0.4 is 10.1 Å². The molecule has 0 saturated heterocycles. The van der Waals surface area contributed by atoms with Crippen molar-refractivity contribution in [3.05, 3.63) is 53.6 Å². The van der Waals surface area contributed by atoms with Gasteiger partial charge in [-0.1, -0.05) is 12.1 Å². The third-order valence-electron chi connectivity index (χ3n) is 2.87. The van der Waals surface area contributed by atoms with Crippen molar-refractivity contribution in [2.24, 2.45) is 0 Å². The smallest absolute Gasteiger partial charge is 0.255 e. The molecule has 2 aromatic rings. The van der Waals surface area contributed by atoms with Gasteiger partial charge in [0.2, 0.25) is 0 Å². The van der Waals surface area contributed by atoms with Crippen molar-refractivity contribution in [1.82, 2.24) is 5.32 Å². The maximum atomic E-state index is 11.8. The first-order valence-electron chi connectivity index (χ1n) is 6.56. The minimum atomic E-state index is -0.416. The predicted octanol–water partition coefficient (Wildman–Crippen LogP) is 2.22. The van der Waals surface area contributed by atoms with Crippen LogP contribution in [0.1, 0.15) is 15.9 Å². The molecule has 5 heteroatoms. The molecule has 0 fully saturated rings. The molecule has 1 amide bonds. The Bertz CT molecular complexity index is 640. The first-order valence-corrected chi connectivity index (χ1v) is 6.56. The SMILES string of the molecule is Cc1cccc(OCCNC(=O)c2ccc(O)cc2O)c1. The standard InChI is InChI=1S/C16H17NO4/c1-11-3-2-4-13(9-11)21-8-7-17-16(20)14-6-5-12(18)10-15(14)19/h2-6,9-10,18-19H,7-8H2,1H3,(H,17,20). The minimum Gasteiger partial charge on any atom is -0.508 e. The van der Waals surface area contributed by atoms with Gasteiger partial charge in [0.1, 0.15) is 23.9 Å². The lowest BCUT2D eigenvalue weighted by atomic mass is 10.2. The summed E-state index contributed by atoms with van der Waals surface area (Å²) in [5, 5.41) is 21.4. The fraction of sp³-hybridized carbons (Fsp3) is 0.188. The Kier molecular flexibility index (Phi) is 4.66. The Balaban J connectivity index is 1.82. The molecule has 0 saturated carbocycles. The molecule has 5 nitrogen and oxygen atoms in total. The number of hydrogen-bond donors (Lipinski definition) is 3. The average molecular weight is 287 g/mol. The molecule has 0 aromatic heterocycles. The summed E-state index contributed by atoms with van der Waals surface area (Å²) < 4.78 is 5.51. The topological polar surface area (TPSA) is 78.8 Å². The van der Waals surface area contributed by atoms with Crippen molar-refractivity contribution in [2.75, 3.05) is 13.2 Å². The molecule has 0 bridgehead atoms. The van der Waals surface area contributed by atoms with E-state index in [1.54, 1.807) is 0 Å². The van der Waals surface area contributed by atoms with Crippen LogP contribution >= 0.6 is 0 Å². The fourth-order valence-corrected chi connectivity index (χ4v) is 1.85. The van der Waals surface area contributed by atoms with Gasteiger partial charge in [0.05, 0.1) is 12.1 Å². The zero-order chi connectivity index (χ0) is 15.2. The van der Waals surface area contributed by atoms with Crippen LogP contribution in [0.4, 0.5) is 0 Å². The fourth-order valence-electron chi connectivity index (χ4n) is 1.85. The summed E-state index contributed by atoms with van der Waals surface area (Å²) in [4.78, 5) is 11.8. The van der Waals surface area contributed by atoms with Gasteiger partial charge in [-0.05, 0) is 36.8 Å². The number of rotatable bonds is 5. The molecular weight excluding hydrogens is 270 g/mol. The van der Waals surface area contributed by atoms with E-state index in [0.717, 1.165) is 17.4 Å². The number of aryl methyl sites for hydroxylation is 1. The molecule has 0 heterocycles. The minimum absolute atomic E-state index is 0.0909. The van der Waals surface area contributed by atoms with Gasteiger partial charge in [-0.3, -0.25) is 4.79 Å². The van der Waals surface area contributed by atoms with Crippen LogP contribution in [-0.2, 0) is 0 Å². The van der Waals surface area contributed by atoms with Crippen molar-refractivity contribution in [3.8, 4) is 17.2 Å². The highest BCUT2D eigenvalue weighted by Crippen LogP contribution is 2.22. The third-order valence-corrected chi connectivity index (χ3v) is 2.87. The quantitative estimate of drug-likeness (QED) is 0.737. The maximum Gasteiger partial charge on any atom is 0.255 e. The second-order valence-electron chi connectivity index (χ2n) is 4.62. The van der Waals surface area contributed by atoms with Crippen molar-refractivity contribution >= 4 is 5.91 Å². The second-order valence-corrected chi connectivity index (χ2v) is 4.62. The van der Waals surface area contributed by atoms with Crippen molar-refractivity contribution in [3.63, 3.8) is 0 Å². The molecule has 0 aliphatic rings. The number of ether oxygens (including phenoxy) is 1. The summed E-state index contributed by atoms with van der Waals surface area (Å²) in [5.74, 6) is -0.0176. The van der Waals surface area contributed by atoms with Crippen LogP contribution in [0, 0.1) is 6.92 Å². The summed E-state index contributed by atoms with van der Waals surface area (Å²) in [6.07, 6.45) is 0. The molecule has 0 unspecified atom stereocenters. The van der Waals surface area contributed by atoms with Crippen LogP contribution in [0.15, 0.2) is 42.5 Å². The Morgan fingerprint density at radius 1 is 1.19 bits per heavy atom. The zero-order valence-corrected chi connectivity index (χ0v) is 11.7. The van der Waals surface area contributed by atoms with Gasteiger partial charge in [-0.2, -0.15) is 0 Å². The van der Waals surface area contributed by atoms with Crippen LogP contribution in [0.2, 0.25) is 0 Å². The predicted molar refractivity (Wildman–Crippen MR) is 78.8 cm³/mol. The molecule has 2 rings (SSSR count). The number of hydrogen-bond acceptors (Lipinski definition) is 4. The van der Waals surface area contributed by atoms with E-state index in [0.29, 0.717) is 13.2 Å². The average Bonchev–Trinajstić information content (AvgIpc) is 2.43. The van der Waals surface area contributed by atoms with Crippen LogP contribution in [0.25, 0.3) is 0 Å². The maximum absolute atomic E-state index is 11.8. The van der Waals surface area contributed by atoms with E-state index in [9.17, 15) is 15.0 Å². The van der Waals surface area contributed by atoms with Gasteiger partial charge < -0.3 is 20.3 Å². The Morgan fingerprint density at radius 3 is 2.71 bits per heavy atom. The highest BCUT2D eigenvalue weighted by molar-refractivity contribution is 5.96.